The highest BCUT2D eigenvalue weighted by Gasteiger charge is 2.13. The lowest BCUT2D eigenvalue weighted by atomic mass is 10.0. The molecule has 0 atom stereocenters. The molecule has 1 aromatic rings. The summed E-state index contributed by atoms with van der Waals surface area (Å²) in [6, 6.07) is 8.88. The van der Waals surface area contributed by atoms with Crippen LogP contribution in [0.5, 0.6) is 0 Å². The van der Waals surface area contributed by atoms with E-state index >= 15 is 0 Å². The van der Waals surface area contributed by atoms with Gasteiger partial charge in [0.25, 0.3) is 5.91 Å². The second-order valence-electron chi connectivity index (χ2n) is 6.46. The van der Waals surface area contributed by atoms with Crippen LogP contribution in [-0.2, 0) is 0 Å². The molecule has 0 bridgehead atoms. The number of hydrogen-bond donors (Lipinski definition) is 1. The first-order chi connectivity index (χ1) is 9.82. The van der Waals surface area contributed by atoms with Gasteiger partial charge in [0.2, 0.25) is 0 Å². The zero-order valence-electron chi connectivity index (χ0n) is 14.3. The Balaban J connectivity index is 2.50. The molecule has 118 valence electrons. The molecular formula is C18H30N2O. The lowest BCUT2D eigenvalue weighted by molar-refractivity contribution is 0.0939. The fourth-order valence-electron chi connectivity index (χ4n) is 2.53. The Bertz CT molecular complexity index is 427. The minimum absolute atomic E-state index is 0.0118. The van der Waals surface area contributed by atoms with Crippen molar-refractivity contribution in [3.8, 4) is 0 Å². The summed E-state index contributed by atoms with van der Waals surface area (Å²) in [5.74, 6) is 0.505. The van der Waals surface area contributed by atoms with E-state index in [-0.39, 0.29) is 5.91 Å². The lowest BCUT2D eigenvalue weighted by Crippen LogP contribution is -2.42. The van der Waals surface area contributed by atoms with Gasteiger partial charge in [-0.3, -0.25) is 9.69 Å². The van der Waals surface area contributed by atoms with Crippen molar-refractivity contribution in [2.75, 3.05) is 13.1 Å². The fourth-order valence-corrected chi connectivity index (χ4v) is 2.53. The lowest BCUT2D eigenvalue weighted by Gasteiger charge is -2.30. The molecule has 0 aliphatic heterocycles. The summed E-state index contributed by atoms with van der Waals surface area (Å²) >= 11 is 0. The Kier molecular flexibility index (Phi) is 6.90. The molecule has 1 rings (SSSR count). The topological polar surface area (TPSA) is 32.3 Å². The largest absolute Gasteiger partial charge is 0.351 e. The zero-order valence-corrected chi connectivity index (χ0v) is 14.3. The van der Waals surface area contributed by atoms with Crippen LogP contribution in [0, 0.1) is 0 Å². The van der Waals surface area contributed by atoms with Crippen molar-refractivity contribution in [2.24, 2.45) is 0 Å². The summed E-state index contributed by atoms with van der Waals surface area (Å²) in [5, 5.41) is 3.01. The van der Waals surface area contributed by atoms with Crippen molar-refractivity contribution in [1.82, 2.24) is 10.2 Å². The maximum atomic E-state index is 12.1. The van der Waals surface area contributed by atoms with Crippen LogP contribution in [0.15, 0.2) is 24.3 Å². The van der Waals surface area contributed by atoms with Crippen molar-refractivity contribution in [3.63, 3.8) is 0 Å². The molecule has 0 saturated carbocycles. The predicted octanol–water partition coefficient (Wildman–Crippen LogP) is 3.66. The van der Waals surface area contributed by atoms with Gasteiger partial charge in [0.15, 0.2) is 0 Å². The van der Waals surface area contributed by atoms with Gasteiger partial charge >= 0.3 is 0 Å². The molecule has 0 aliphatic rings. The van der Waals surface area contributed by atoms with Crippen LogP contribution < -0.4 is 5.32 Å². The van der Waals surface area contributed by atoms with E-state index in [2.05, 4.69) is 51.8 Å². The smallest absolute Gasteiger partial charge is 0.251 e. The maximum absolute atomic E-state index is 12.1. The average Bonchev–Trinajstić information content (AvgIpc) is 2.42. The Morgan fingerprint density at radius 3 is 1.95 bits per heavy atom. The van der Waals surface area contributed by atoms with Gasteiger partial charge in [-0.1, -0.05) is 26.0 Å². The predicted molar refractivity (Wildman–Crippen MR) is 89.8 cm³/mol. The molecule has 0 spiro atoms. The van der Waals surface area contributed by atoms with Gasteiger partial charge in [-0.2, -0.15) is 0 Å². The maximum Gasteiger partial charge on any atom is 0.251 e. The third-order valence-corrected chi connectivity index (χ3v) is 3.82. The van der Waals surface area contributed by atoms with Gasteiger partial charge in [0.1, 0.15) is 0 Å². The van der Waals surface area contributed by atoms with Crippen LogP contribution in [-0.4, -0.2) is 36.0 Å². The molecule has 0 heterocycles. The van der Waals surface area contributed by atoms with Gasteiger partial charge in [-0.25, -0.2) is 0 Å². The van der Waals surface area contributed by atoms with E-state index in [9.17, 15) is 4.79 Å². The van der Waals surface area contributed by atoms with Gasteiger partial charge in [-0.15, -0.1) is 0 Å². The number of carbonyl (C=O) groups excluding carboxylic acids is 1. The van der Waals surface area contributed by atoms with E-state index in [1.54, 1.807) is 0 Å². The van der Waals surface area contributed by atoms with Gasteiger partial charge < -0.3 is 5.32 Å². The molecule has 0 aliphatic carbocycles. The third kappa shape index (κ3) is 5.50. The molecule has 1 aromatic carbocycles. The van der Waals surface area contributed by atoms with Crippen LogP contribution in [0.4, 0.5) is 0 Å². The quantitative estimate of drug-likeness (QED) is 0.831. The summed E-state index contributed by atoms with van der Waals surface area (Å²) < 4.78 is 0. The number of nitrogens with one attached hydrogen (secondary N) is 1. The van der Waals surface area contributed by atoms with E-state index in [1.807, 2.05) is 24.3 Å². The second-order valence-corrected chi connectivity index (χ2v) is 6.46. The number of carbonyl (C=O) groups is 1. The van der Waals surface area contributed by atoms with Crippen molar-refractivity contribution >= 4 is 5.91 Å². The van der Waals surface area contributed by atoms with Gasteiger partial charge in [0.05, 0.1) is 0 Å². The Labute approximate surface area is 129 Å². The molecule has 1 N–H and O–H groups in total. The molecule has 0 aromatic heterocycles. The molecule has 1 amide bonds. The van der Waals surface area contributed by atoms with Crippen LogP contribution in [0.25, 0.3) is 0 Å². The highest BCUT2D eigenvalue weighted by atomic mass is 16.1. The second kappa shape index (κ2) is 8.18. The first-order valence-electron chi connectivity index (χ1n) is 7.96. The molecule has 0 unspecified atom stereocenters. The summed E-state index contributed by atoms with van der Waals surface area (Å²) in [6.45, 7) is 14.6. The van der Waals surface area contributed by atoms with Crippen LogP contribution in [0.3, 0.4) is 0 Å². The number of amides is 1. The minimum atomic E-state index is 0.0118. The normalized spacial score (nSPS) is 11.7. The van der Waals surface area contributed by atoms with Crippen LogP contribution in [0.2, 0.25) is 0 Å². The Hall–Kier alpha value is -1.35. The third-order valence-electron chi connectivity index (χ3n) is 3.82. The SMILES string of the molecule is CC(C)c1ccc(C(=O)NCCN(C(C)C)C(C)C)cc1. The van der Waals surface area contributed by atoms with Crippen molar-refractivity contribution in [2.45, 2.75) is 59.5 Å². The Morgan fingerprint density at radius 2 is 1.52 bits per heavy atom. The van der Waals surface area contributed by atoms with Crippen LogP contribution in [0.1, 0.15) is 63.4 Å². The number of rotatable bonds is 7. The van der Waals surface area contributed by atoms with E-state index < -0.39 is 0 Å². The summed E-state index contributed by atoms with van der Waals surface area (Å²) in [4.78, 5) is 14.5. The van der Waals surface area contributed by atoms with E-state index in [0.29, 0.717) is 24.5 Å². The summed E-state index contributed by atoms with van der Waals surface area (Å²) in [6.07, 6.45) is 0. The molecule has 3 heteroatoms. The van der Waals surface area contributed by atoms with Crippen LogP contribution >= 0.6 is 0 Å². The number of hydrogen-bond acceptors (Lipinski definition) is 2. The van der Waals surface area contributed by atoms with E-state index in [1.165, 1.54) is 5.56 Å². The van der Waals surface area contributed by atoms with Crippen molar-refractivity contribution in [1.29, 1.82) is 0 Å². The first-order valence-corrected chi connectivity index (χ1v) is 7.96. The van der Waals surface area contributed by atoms with Gasteiger partial charge in [-0.05, 0) is 51.3 Å². The molecule has 21 heavy (non-hydrogen) atoms. The average molecular weight is 290 g/mol. The Morgan fingerprint density at radius 1 is 1.00 bits per heavy atom. The minimum Gasteiger partial charge on any atom is -0.351 e. The fraction of sp³-hybridized carbons (Fsp3) is 0.611. The summed E-state index contributed by atoms with van der Waals surface area (Å²) in [7, 11) is 0. The molecular weight excluding hydrogens is 260 g/mol. The molecule has 3 nitrogen and oxygen atoms in total. The zero-order chi connectivity index (χ0) is 16.0. The highest BCUT2D eigenvalue weighted by molar-refractivity contribution is 5.94. The monoisotopic (exact) mass is 290 g/mol. The van der Waals surface area contributed by atoms with E-state index in [0.717, 1.165) is 12.1 Å². The summed E-state index contributed by atoms with van der Waals surface area (Å²) in [5.41, 5.74) is 2.00. The number of benzene rings is 1. The standard InChI is InChI=1S/C18H30N2O/c1-13(2)16-7-9-17(10-8-16)18(21)19-11-12-20(14(3)4)15(5)6/h7-10,13-15H,11-12H2,1-6H3,(H,19,21). The van der Waals surface area contributed by atoms with Crippen molar-refractivity contribution < 1.29 is 4.79 Å². The van der Waals surface area contributed by atoms with Crippen molar-refractivity contribution in [3.05, 3.63) is 35.4 Å². The highest BCUT2D eigenvalue weighted by Crippen LogP contribution is 2.14. The molecule has 0 fully saturated rings. The molecule has 0 radical (unpaired) electrons. The van der Waals surface area contributed by atoms with E-state index in [4.69, 9.17) is 0 Å². The molecule has 0 saturated heterocycles. The number of nitrogens with zero attached hydrogens (tertiary/aromatic N) is 1. The first kappa shape index (κ1) is 17.7. The van der Waals surface area contributed by atoms with Gasteiger partial charge in [0, 0.05) is 30.7 Å².